The second-order valence-corrected chi connectivity index (χ2v) is 6.92. The van der Waals surface area contributed by atoms with Crippen molar-refractivity contribution in [2.45, 2.75) is 6.18 Å². The number of nitriles is 1. The van der Waals surface area contributed by atoms with Crippen LogP contribution in [0.3, 0.4) is 0 Å². The van der Waals surface area contributed by atoms with Crippen molar-refractivity contribution in [3.05, 3.63) is 83.3 Å². The molecule has 0 aliphatic heterocycles. The van der Waals surface area contributed by atoms with E-state index in [4.69, 9.17) is 5.26 Å². The van der Waals surface area contributed by atoms with Crippen LogP contribution in [0.4, 0.5) is 17.6 Å². The van der Waals surface area contributed by atoms with Gasteiger partial charge in [-0.25, -0.2) is 14.4 Å². The zero-order chi connectivity index (χ0) is 21.8. The number of hydrogen-bond donors (Lipinski definition) is 0. The Bertz CT molecular complexity index is 1450. The largest absolute Gasteiger partial charge is 0.419 e. The van der Waals surface area contributed by atoms with Gasteiger partial charge in [0.1, 0.15) is 17.2 Å². The monoisotopic (exact) mass is 418 g/mol. The number of aliphatic imine (C=N–C) groups is 1. The molecular weight excluding hydrogens is 408 g/mol. The first-order chi connectivity index (χ1) is 14.9. The molecule has 0 saturated heterocycles. The van der Waals surface area contributed by atoms with Gasteiger partial charge in [-0.05, 0) is 35.4 Å². The molecule has 5 rings (SSSR count). The molecule has 1 aliphatic rings. The van der Waals surface area contributed by atoms with Crippen LogP contribution < -0.4 is 0 Å². The minimum Gasteiger partial charge on any atom is -0.244 e. The summed E-state index contributed by atoms with van der Waals surface area (Å²) in [4.78, 5) is 13.1. The van der Waals surface area contributed by atoms with Crippen molar-refractivity contribution in [1.29, 1.82) is 5.26 Å². The van der Waals surface area contributed by atoms with E-state index < -0.39 is 17.6 Å². The normalized spacial score (nSPS) is 13.8. The maximum atomic E-state index is 13.6. The lowest BCUT2D eigenvalue weighted by molar-refractivity contribution is -0.139. The highest BCUT2D eigenvalue weighted by Crippen LogP contribution is 2.37. The summed E-state index contributed by atoms with van der Waals surface area (Å²) in [5.41, 5.74) is 3.26. The zero-order valence-electron chi connectivity index (χ0n) is 15.6. The van der Waals surface area contributed by atoms with Gasteiger partial charge in [0.15, 0.2) is 0 Å². The Morgan fingerprint density at radius 2 is 1.48 bits per heavy atom. The Morgan fingerprint density at radius 1 is 0.806 bits per heavy atom. The fourth-order valence-electron chi connectivity index (χ4n) is 3.70. The standard InChI is InChI=1S/C23H10F4N4/c24-17-7-5-12(9-16(17)23(25,26)27)13-6-8-18-19(10-13)31-21-15-4-2-1-3-14(15)20(29-11-28)22(21)30-18/h1-10H/b29-20+. The van der Waals surface area contributed by atoms with Crippen LogP contribution in [0.2, 0.25) is 0 Å². The van der Waals surface area contributed by atoms with E-state index in [9.17, 15) is 17.6 Å². The van der Waals surface area contributed by atoms with Crippen LogP contribution in [0.1, 0.15) is 16.8 Å². The van der Waals surface area contributed by atoms with Crippen molar-refractivity contribution in [1.82, 2.24) is 9.97 Å². The van der Waals surface area contributed by atoms with Crippen molar-refractivity contribution in [3.8, 4) is 28.6 Å². The Kier molecular flexibility index (Phi) is 4.08. The predicted molar refractivity (Wildman–Crippen MR) is 107 cm³/mol. The number of benzene rings is 3. The Labute approximate surface area is 173 Å². The molecule has 0 radical (unpaired) electrons. The number of hydrogen-bond acceptors (Lipinski definition) is 4. The van der Waals surface area contributed by atoms with E-state index in [1.807, 2.05) is 24.3 Å². The highest BCUT2D eigenvalue weighted by Gasteiger charge is 2.34. The quantitative estimate of drug-likeness (QED) is 0.257. The maximum absolute atomic E-state index is 13.6. The summed E-state index contributed by atoms with van der Waals surface area (Å²) in [6, 6.07) is 15.0. The minimum atomic E-state index is -4.79. The van der Waals surface area contributed by atoms with Gasteiger partial charge >= 0.3 is 6.18 Å². The Morgan fingerprint density at radius 3 is 2.23 bits per heavy atom. The third-order valence-electron chi connectivity index (χ3n) is 5.09. The molecule has 4 nitrogen and oxygen atoms in total. The number of rotatable bonds is 1. The molecule has 4 aromatic rings. The van der Waals surface area contributed by atoms with E-state index in [-0.39, 0.29) is 5.56 Å². The first-order valence-corrected chi connectivity index (χ1v) is 9.12. The molecule has 8 heteroatoms. The molecule has 0 atom stereocenters. The highest BCUT2D eigenvalue weighted by atomic mass is 19.4. The predicted octanol–water partition coefficient (Wildman–Crippen LogP) is 5.75. The third-order valence-corrected chi connectivity index (χ3v) is 5.09. The summed E-state index contributed by atoms with van der Waals surface area (Å²) in [6.07, 6.45) is -3.00. The first-order valence-electron chi connectivity index (χ1n) is 9.12. The van der Waals surface area contributed by atoms with Gasteiger partial charge in [-0.1, -0.05) is 36.4 Å². The third kappa shape index (κ3) is 3.02. The summed E-state index contributed by atoms with van der Waals surface area (Å²) in [6.45, 7) is 0. The molecule has 0 unspecified atom stereocenters. The number of nitrogens with zero attached hydrogens (tertiary/aromatic N) is 4. The number of alkyl halides is 3. The molecule has 0 bridgehead atoms. The molecule has 1 aromatic heterocycles. The number of aromatic nitrogens is 2. The van der Waals surface area contributed by atoms with Crippen LogP contribution in [-0.4, -0.2) is 15.7 Å². The van der Waals surface area contributed by atoms with Gasteiger partial charge in [-0.3, -0.25) is 0 Å². The summed E-state index contributed by atoms with van der Waals surface area (Å²) < 4.78 is 52.9. The molecule has 0 N–H and O–H groups in total. The summed E-state index contributed by atoms with van der Waals surface area (Å²) >= 11 is 0. The van der Waals surface area contributed by atoms with Gasteiger partial charge in [0, 0.05) is 11.1 Å². The second kappa shape index (κ2) is 6.71. The minimum absolute atomic E-state index is 0.213. The van der Waals surface area contributed by atoms with Gasteiger partial charge in [-0.15, -0.1) is 0 Å². The maximum Gasteiger partial charge on any atom is 0.419 e. The average molecular weight is 418 g/mol. The first kappa shape index (κ1) is 18.9. The summed E-state index contributed by atoms with van der Waals surface area (Å²) in [5, 5.41) is 9.06. The van der Waals surface area contributed by atoms with Crippen molar-refractivity contribution in [2.75, 3.05) is 0 Å². The number of halogens is 4. The molecule has 0 spiro atoms. The fraction of sp³-hybridized carbons (Fsp3) is 0.0435. The van der Waals surface area contributed by atoms with E-state index in [1.54, 1.807) is 24.4 Å². The summed E-state index contributed by atoms with van der Waals surface area (Å²) in [7, 11) is 0. The van der Waals surface area contributed by atoms with Gasteiger partial charge < -0.3 is 0 Å². The molecule has 31 heavy (non-hydrogen) atoms. The van der Waals surface area contributed by atoms with E-state index in [2.05, 4.69) is 15.0 Å². The topological polar surface area (TPSA) is 61.9 Å². The molecule has 1 aliphatic carbocycles. The lowest BCUT2D eigenvalue weighted by Crippen LogP contribution is -2.08. The van der Waals surface area contributed by atoms with Crippen LogP contribution in [0, 0.1) is 17.3 Å². The second-order valence-electron chi connectivity index (χ2n) is 6.92. The van der Waals surface area contributed by atoms with Crippen LogP contribution in [0.25, 0.3) is 33.4 Å². The zero-order valence-corrected chi connectivity index (χ0v) is 15.6. The van der Waals surface area contributed by atoms with E-state index >= 15 is 0 Å². The van der Waals surface area contributed by atoms with Crippen LogP contribution in [-0.2, 0) is 6.18 Å². The Hall–Kier alpha value is -4.12. The lowest BCUT2D eigenvalue weighted by atomic mass is 10.0. The molecule has 0 saturated carbocycles. The van der Waals surface area contributed by atoms with Gasteiger partial charge in [0.25, 0.3) is 0 Å². The molecule has 0 amide bonds. The lowest BCUT2D eigenvalue weighted by Gasteiger charge is -2.11. The van der Waals surface area contributed by atoms with Gasteiger partial charge in [0.05, 0.1) is 22.3 Å². The molecular formula is C23H10F4N4. The molecule has 1 heterocycles. The molecule has 150 valence electrons. The van der Waals surface area contributed by atoms with Crippen molar-refractivity contribution >= 4 is 16.7 Å². The van der Waals surface area contributed by atoms with Gasteiger partial charge in [-0.2, -0.15) is 23.4 Å². The van der Waals surface area contributed by atoms with Crippen LogP contribution in [0.15, 0.2) is 65.7 Å². The number of fused-ring (bicyclic) bond motifs is 4. The van der Waals surface area contributed by atoms with Gasteiger partial charge in [0.2, 0.25) is 6.19 Å². The van der Waals surface area contributed by atoms with Crippen LogP contribution in [0.5, 0.6) is 0 Å². The highest BCUT2D eigenvalue weighted by molar-refractivity contribution is 6.23. The van der Waals surface area contributed by atoms with E-state index in [1.165, 1.54) is 6.07 Å². The molecule has 0 fully saturated rings. The fourth-order valence-corrected chi connectivity index (χ4v) is 3.70. The molecule has 3 aromatic carbocycles. The van der Waals surface area contributed by atoms with Crippen molar-refractivity contribution in [2.24, 2.45) is 4.99 Å². The average Bonchev–Trinajstić information content (AvgIpc) is 3.05. The van der Waals surface area contributed by atoms with Crippen molar-refractivity contribution in [3.63, 3.8) is 0 Å². The Balaban J connectivity index is 1.69. The van der Waals surface area contributed by atoms with E-state index in [0.29, 0.717) is 33.7 Å². The van der Waals surface area contributed by atoms with Crippen molar-refractivity contribution < 1.29 is 17.6 Å². The summed E-state index contributed by atoms with van der Waals surface area (Å²) in [5.74, 6) is -1.32. The smallest absolute Gasteiger partial charge is 0.244 e. The SMILES string of the molecule is N#C/N=C1\c2ccccc2-c2nc3cc(-c4ccc(F)c(C(F)(F)F)c4)ccc3nc21. The van der Waals surface area contributed by atoms with Crippen LogP contribution >= 0.6 is 0 Å². The van der Waals surface area contributed by atoms with E-state index in [0.717, 1.165) is 23.3 Å².